The quantitative estimate of drug-likeness (QED) is 0.210. The Morgan fingerprint density at radius 2 is 1.76 bits per heavy atom. The number of aromatic nitrogens is 3. The number of fused-ring (bicyclic) bond motifs is 1. The molecular formula is C27H20ClN5O3S. The van der Waals surface area contributed by atoms with Gasteiger partial charge in [0.05, 0.1) is 12.8 Å². The topological polar surface area (TPSA) is 94.2 Å². The number of benzene rings is 3. The lowest BCUT2D eigenvalue weighted by Gasteiger charge is -2.07. The molecule has 2 N–H and O–H groups in total. The van der Waals surface area contributed by atoms with Crippen molar-refractivity contribution < 1.29 is 13.9 Å². The van der Waals surface area contributed by atoms with Crippen LogP contribution in [0.4, 0.5) is 5.69 Å². The maximum absolute atomic E-state index is 12.3. The van der Waals surface area contributed by atoms with Crippen molar-refractivity contribution in [3.05, 3.63) is 95.7 Å². The van der Waals surface area contributed by atoms with Crippen LogP contribution in [0.1, 0.15) is 5.76 Å². The van der Waals surface area contributed by atoms with Crippen LogP contribution in [0.25, 0.3) is 34.1 Å². The molecule has 0 saturated heterocycles. The van der Waals surface area contributed by atoms with E-state index in [-0.39, 0.29) is 5.11 Å². The zero-order valence-electron chi connectivity index (χ0n) is 19.5. The standard InChI is InChI=1S/C27H20ClN5O3S/c1-35-21-9-7-20(8-10-21)33-31-23-13-6-19(16-24(23)32-33)29-27(37)30-26(34)15-12-22-11-14-25(36-22)17-2-4-18(28)5-3-17/h2-16H,1H3,(H2,29,30,34,37). The molecule has 2 aromatic heterocycles. The first-order valence-corrected chi connectivity index (χ1v) is 11.9. The summed E-state index contributed by atoms with van der Waals surface area (Å²) in [6.45, 7) is 0. The summed E-state index contributed by atoms with van der Waals surface area (Å²) in [5, 5.41) is 15.4. The van der Waals surface area contributed by atoms with E-state index in [9.17, 15) is 4.79 Å². The predicted octanol–water partition coefficient (Wildman–Crippen LogP) is 5.87. The second-order valence-corrected chi connectivity index (χ2v) is 8.72. The summed E-state index contributed by atoms with van der Waals surface area (Å²) in [7, 11) is 1.62. The number of hydrogen-bond donors (Lipinski definition) is 2. The largest absolute Gasteiger partial charge is 0.497 e. The Morgan fingerprint density at radius 3 is 2.51 bits per heavy atom. The van der Waals surface area contributed by atoms with Gasteiger partial charge in [-0.25, -0.2) is 0 Å². The van der Waals surface area contributed by atoms with Gasteiger partial charge in [-0.2, -0.15) is 4.80 Å². The number of methoxy groups -OCH3 is 1. The van der Waals surface area contributed by atoms with E-state index < -0.39 is 5.91 Å². The molecule has 0 aliphatic rings. The van der Waals surface area contributed by atoms with E-state index in [4.69, 9.17) is 33.0 Å². The molecule has 8 nitrogen and oxygen atoms in total. The highest BCUT2D eigenvalue weighted by Crippen LogP contribution is 2.24. The SMILES string of the molecule is COc1ccc(-n2nc3ccc(NC(=S)NC(=O)C=Cc4ccc(-c5ccc(Cl)cc5)o4)cc3n2)cc1. The number of carbonyl (C=O) groups is 1. The van der Waals surface area contributed by atoms with Crippen molar-refractivity contribution >= 4 is 57.6 Å². The Morgan fingerprint density at radius 1 is 1.00 bits per heavy atom. The van der Waals surface area contributed by atoms with Gasteiger partial charge in [0.2, 0.25) is 5.91 Å². The zero-order chi connectivity index (χ0) is 25.8. The molecule has 37 heavy (non-hydrogen) atoms. The number of furan rings is 1. The lowest BCUT2D eigenvalue weighted by atomic mass is 10.2. The summed E-state index contributed by atoms with van der Waals surface area (Å²) < 4.78 is 11.0. The van der Waals surface area contributed by atoms with Crippen molar-refractivity contribution in [3.63, 3.8) is 0 Å². The van der Waals surface area contributed by atoms with Gasteiger partial charge in [-0.3, -0.25) is 10.1 Å². The number of thiocarbonyl (C=S) groups is 1. The molecule has 0 unspecified atom stereocenters. The number of nitrogens with zero attached hydrogens (tertiary/aromatic N) is 3. The summed E-state index contributed by atoms with van der Waals surface area (Å²) >= 11 is 11.2. The first-order valence-electron chi connectivity index (χ1n) is 11.1. The van der Waals surface area contributed by atoms with Crippen molar-refractivity contribution in [2.45, 2.75) is 0 Å². The van der Waals surface area contributed by atoms with Gasteiger partial charge < -0.3 is 14.5 Å². The first kappa shape index (κ1) is 24.2. The van der Waals surface area contributed by atoms with Crippen LogP contribution in [0.15, 0.2) is 89.4 Å². The number of amides is 1. The van der Waals surface area contributed by atoms with E-state index in [0.29, 0.717) is 27.7 Å². The van der Waals surface area contributed by atoms with E-state index in [1.165, 1.54) is 6.08 Å². The van der Waals surface area contributed by atoms with Crippen LogP contribution in [0.3, 0.4) is 0 Å². The molecule has 3 aromatic carbocycles. The van der Waals surface area contributed by atoms with E-state index in [2.05, 4.69) is 20.8 Å². The third-order valence-corrected chi connectivity index (χ3v) is 5.79. The predicted molar refractivity (Wildman–Crippen MR) is 148 cm³/mol. The molecule has 5 rings (SSSR count). The van der Waals surface area contributed by atoms with Crippen LogP contribution < -0.4 is 15.4 Å². The molecule has 0 bridgehead atoms. The second-order valence-electron chi connectivity index (χ2n) is 7.88. The molecular weight excluding hydrogens is 510 g/mol. The number of hydrogen-bond acceptors (Lipinski definition) is 6. The van der Waals surface area contributed by atoms with Crippen molar-refractivity contribution in [1.29, 1.82) is 0 Å². The highest BCUT2D eigenvalue weighted by molar-refractivity contribution is 7.80. The molecule has 0 saturated carbocycles. The third-order valence-electron chi connectivity index (χ3n) is 5.33. The molecule has 0 radical (unpaired) electrons. The van der Waals surface area contributed by atoms with Crippen LogP contribution in [0.2, 0.25) is 5.02 Å². The molecule has 0 spiro atoms. The van der Waals surface area contributed by atoms with Crippen molar-refractivity contribution in [2.24, 2.45) is 0 Å². The maximum atomic E-state index is 12.3. The third kappa shape index (κ3) is 5.85. The van der Waals surface area contributed by atoms with E-state index in [0.717, 1.165) is 22.5 Å². The summed E-state index contributed by atoms with van der Waals surface area (Å²) in [4.78, 5) is 13.9. The number of anilines is 1. The maximum Gasteiger partial charge on any atom is 0.250 e. The van der Waals surface area contributed by atoms with Gasteiger partial charge in [0.15, 0.2) is 5.11 Å². The minimum Gasteiger partial charge on any atom is -0.497 e. The molecule has 2 heterocycles. The fraction of sp³-hybridized carbons (Fsp3) is 0.0370. The highest BCUT2D eigenvalue weighted by atomic mass is 35.5. The molecule has 0 aliphatic carbocycles. The van der Waals surface area contributed by atoms with Gasteiger partial charge in [-0.15, -0.1) is 10.2 Å². The molecule has 1 amide bonds. The second kappa shape index (κ2) is 10.7. The minimum absolute atomic E-state index is 0.151. The molecule has 0 fully saturated rings. The Kier molecular flexibility index (Phi) is 6.98. The highest BCUT2D eigenvalue weighted by Gasteiger charge is 2.08. The van der Waals surface area contributed by atoms with E-state index >= 15 is 0 Å². The van der Waals surface area contributed by atoms with Crippen LogP contribution in [0, 0.1) is 0 Å². The summed E-state index contributed by atoms with van der Waals surface area (Å²) in [6, 6.07) is 23.8. The molecule has 5 aromatic rings. The van der Waals surface area contributed by atoms with Crippen LogP contribution in [-0.2, 0) is 4.79 Å². The molecule has 0 atom stereocenters. The molecule has 0 aliphatic heterocycles. The average Bonchev–Trinajstić information content (AvgIpc) is 3.55. The molecule has 10 heteroatoms. The number of carbonyl (C=O) groups excluding carboxylic acids is 1. The van der Waals surface area contributed by atoms with Gasteiger partial charge >= 0.3 is 0 Å². The van der Waals surface area contributed by atoms with Crippen LogP contribution >= 0.6 is 23.8 Å². The van der Waals surface area contributed by atoms with Gasteiger partial charge in [0.1, 0.15) is 28.3 Å². The van der Waals surface area contributed by atoms with Crippen LogP contribution in [0.5, 0.6) is 5.75 Å². The fourth-order valence-electron chi connectivity index (χ4n) is 3.51. The van der Waals surface area contributed by atoms with Gasteiger partial charge in [0, 0.05) is 22.3 Å². The summed E-state index contributed by atoms with van der Waals surface area (Å²) in [6.07, 6.45) is 2.92. The first-order chi connectivity index (χ1) is 18.0. The van der Waals surface area contributed by atoms with E-state index in [1.54, 1.807) is 42.2 Å². The fourth-order valence-corrected chi connectivity index (χ4v) is 3.85. The van der Waals surface area contributed by atoms with Crippen molar-refractivity contribution in [1.82, 2.24) is 20.3 Å². The van der Waals surface area contributed by atoms with Gasteiger partial charge in [0.25, 0.3) is 0 Å². The normalized spacial score (nSPS) is 11.1. The Balaban J connectivity index is 1.19. The Labute approximate surface area is 222 Å². The molecule has 184 valence electrons. The lowest BCUT2D eigenvalue weighted by molar-refractivity contribution is -0.115. The number of halogens is 1. The smallest absolute Gasteiger partial charge is 0.250 e. The van der Waals surface area contributed by atoms with Crippen molar-refractivity contribution in [3.8, 4) is 22.8 Å². The summed E-state index contributed by atoms with van der Waals surface area (Å²) in [5.41, 5.74) is 3.75. The van der Waals surface area contributed by atoms with Gasteiger partial charge in [-0.05, 0) is 97.2 Å². The minimum atomic E-state index is -0.395. The Hall–Kier alpha value is -4.47. The number of rotatable bonds is 6. The van der Waals surface area contributed by atoms with Crippen LogP contribution in [-0.4, -0.2) is 33.1 Å². The number of nitrogens with one attached hydrogen (secondary N) is 2. The zero-order valence-corrected chi connectivity index (χ0v) is 21.1. The van der Waals surface area contributed by atoms with E-state index in [1.807, 2.05) is 54.6 Å². The monoisotopic (exact) mass is 529 g/mol. The average molecular weight is 530 g/mol. The number of ether oxygens (including phenoxy) is 1. The van der Waals surface area contributed by atoms with Gasteiger partial charge in [-0.1, -0.05) is 11.6 Å². The van der Waals surface area contributed by atoms with Crippen molar-refractivity contribution in [2.75, 3.05) is 12.4 Å². The Bertz CT molecular complexity index is 1610. The summed E-state index contributed by atoms with van der Waals surface area (Å²) in [5.74, 6) is 1.57. The lowest BCUT2D eigenvalue weighted by Crippen LogP contribution is -2.32.